The van der Waals surface area contributed by atoms with Crippen LogP contribution in [0.1, 0.15) is 72.6 Å². The Bertz CT molecular complexity index is 2730. The lowest BCUT2D eigenvalue weighted by Crippen LogP contribution is -2.27. The Morgan fingerprint density at radius 2 is 0.789 bits per heavy atom. The van der Waals surface area contributed by atoms with E-state index in [9.17, 15) is 28.8 Å². The average Bonchev–Trinajstić information content (AvgIpc) is 3.32. The summed E-state index contributed by atoms with van der Waals surface area (Å²) in [5, 5.41) is 24.4. The molecule has 0 bridgehead atoms. The quantitative estimate of drug-likeness (QED) is 0.0606. The monoisotopic (exact) mass is 970 g/mol. The topological polar surface area (TPSA) is 241 Å². The maximum atomic E-state index is 12.3. The molecule has 0 saturated heterocycles. The van der Waals surface area contributed by atoms with E-state index in [1.54, 1.807) is 201 Å². The van der Waals surface area contributed by atoms with Crippen LogP contribution in [0, 0.1) is 0 Å². The van der Waals surface area contributed by atoms with Crippen molar-refractivity contribution >= 4 is 70.1 Å². The van der Waals surface area contributed by atoms with Crippen molar-refractivity contribution in [3.63, 3.8) is 0 Å². The lowest BCUT2D eigenvalue weighted by molar-refractivity contribution is 0.0624. The number of hydrogen-bond donors (Lipinski definition) is 7. The summed E-state index contributed by atoms with van der Waals surface area (Å²) in [5.41, 5.74) is 3.70. The second-order valence-electron chi connectivity index (χ2n) is 16.9. The number of carbonyl (C=O) groups is 6. The smallest absolute Gasteiger partial charge is 0.412 e. The summed E-state index contributed by atoms with van der Waals surface area (Å²) in [6, 6.07) is 40.5. The first-order valence-corrected chi connectivity index (χ1v) is 21.8. The summed E-state index contributed by atoms with van der Waals surface area (Å²) in [4.78, 5) is 70.5. The van der Waals surface area contributed by atoms with E-state index in [4.69, 9.17) is 28.8 Å². The van der Waals surface area contributed by atoms with Gasteiger partial charge in [0.15, 0.2) is 0 Å². The lowest BCUT2D eigenvalue weighted by Gasteiger charge is -2.19. The van der Waals surface area contributed by atoms with Gasteiger partial charge in [-0.1, -0.05) is 18.2 Å². The number of para-hydroxylation sites is 1. The van der Waals surface area contributed by atoms with Gasteiger partial charge in [-0.2, -0.15) is 0 Å². The maximum Gasteiger partial charge on any atom is 0.412 e. The second-order valence-corrected chi connectivity index (χ2v) is 16.9. The second kappa shape index (κ2) is 25.9. The van der Waals surface area contributed by atoms with Crippen LogP contribution in [0.3, 0.4) is 0 Å². The minimum atomic E-state index is -1.13. The van der Waals surface area contributed by atoms with Crippen molar-refractivity contribution in [1.29, 1.82) is 0 Å². The van der Waals surface area contributed by atoms with Crippen molar-refractivity contribution in [2.75, 3.05) is 53.2 Å². The number of rotatable bonds is 12. The molecule has 0 aliphatic rings. The van der Waals surface area contributed by atoms with Gasteiger partial charge < -0.3 is 44.7 Å². The molecule has 372 valence electrons. The first-order valence-electron chi connectivity index (χ1n) is 21.8. The number of carboxylic acid groups (broad SMARTS) is 1. The van der Waals surface area contributed by atoms with E-state index in [1.807, 2.05) is 0 Å². The maximum absolute atomic E-state index is 12.3. The summed E-state index contributed by atoms with van der Waals surface area (Å²) >= 11 is 0. The predicted octanol–water partition coefficient (Wildman–Crippen LogP) is 11.6. The number of nitrogens with one attached hydrogen (secondary N) is 6. The van der Waals surface area contributed by atoms with Gasteiger partial charge in [0.1, 0.15) is 28.5 Å². The molecule has 0 aromatic heterocycles. The Morgan fingerprint density at radius 3 is 1.20 bits per heavy atom. The van der Waals surface area contributed by atoms with Crippen LogP contribution in [-0.2, 0) is 9.47 Å². The number of benzene rings is 6. The van der Waals surface area contributed by atoms with Crippen molar-refractivity contribution in [2.45, 2.75) is 52.7 Å². The van der Waals surface area contributed by atoms with Crippen LogP contribution in [0.5, 0.6) is 17.2 Å². The first kappa shape index (κ1) is 54.5. The summed E-state index contributed by atoms with van der Waals surface area (Å²) in [5.74, 6) is 1.03. The fourth-order valence-corrected chi connectivity index (χ4v) is 5.82. The molecule has 6 rings (SSSR count). The zero-order valence-corrected chi connectivity index (χ0v) is 40.8. The van der Waals surface area contributed by atoms with Gasteiger partial charge >= 0.3 is 18.3 Å². The zero-order valence-electron chi connectivity index (χ0n) is 40.8. The molecule has 0 radical (unpaired) electrons. The predicted molar refractivity (Wildman–Crippen MR) is 274 cm³/mol. The fraction of sp³-hybridized carbons (Fsp3) is 0.208. The third-order valence-corrected chi connectivity index (χ3v) is 9.01. The largest absolute Gasteiger partial charge is 0.497 e. The Kier molecular flexibility index (Phi) is 19.9. The molecule has 0 aliphatic carbocycles. The Balaban J connectivity index is 0.000000232. The molecule has 0 heterocycles. The lowest BCUT2D eigenvalue weighted by atomic mass is 10.2. The molecular formula is C53H58N6O12. The summed E-state index contributed by atoms with van der Waals surface area (Å²) < 4.78 is 25.7. The fourth-order valence-electron chi connectivity index (χ4n) is 5.82. The number of ether oxygens (including phenoxy) is 5. The summed E-state index contributed by atoms with van der Waals surface area (Å²) in [6.45, 7) is 10.8. The molecule has 0 saturated carbocycles. The van der Waals surface area contributed by atoms with Gasteiger partial charge in [0.2, 0.25) is 0 Å². The highest BCUT2D eigenvalue weighted by molar-refractivity contribution is 6.07. The van der Waals surface area contributed by atoms with Crippen LogP contribution in [0.25, 0.3) is 0 Å². The minimum Gasteiger partial charge on any atom is -0.497 e. The molecular weight excluding hydrogens is 913 g/mol. The van der Waals surface area contributed by atoms with Crippen LogP contribution >= 0.6 is 0 Å². The number of carbonyl (C=O) groups excluding carboxylic acids is 5. The van der Waals surface area contributed by atoms with Crippen molar-refractivity contribution in [3.8, 4) is 17.2 Å². The Labute approximate surface area is 412 Å². The van der Waals surface area contributed by atoms with Gasteiger partial charge in [0, 0.05) is 45.3 Å². The van der Waals surface area contributed by atoms with Crippen LogP contribution in [0.4, 0.5) is 48.5 Å². The van der Waals surface area contributed by atoms with Gasteiger partial charge in [-0.25, -0.2) is 14.4 Å². The SMILES string of the molecule is COc1ccc(C(=O)Nc2ccc(NC(=O)O)cc2)cc1.COc1cccc(C(=O)Nc2ccc(NC(=O)OC(C)(C)C)cc2)c1.COc1ccccc1C(=O)Nc1ccc(NC(=O)OC(C)(C)C)cc1. The van der Waals surface area contributed by atoms with Gasteiger partial charge in [-0.3, -0.25) is 30.3 Å². The molecule has 0 fully saturated rings. The molecule has 6 amide bonds. The Hall–Kier alpha value is -9.06. The zero-order chi connectivity index (χ0) is 52.1. The molecule has 18 nitrogen and oxygen atoms in total. The highest BCUT2D eigenvalue weighted by Crippen LogP contribution is 2.22. The molecule has 6 aromatic carbocycles. The van der Waals surface area contributed by atoms with E-state index >= 15 is 0 Å². The van der Waals surface area contributed by atoms with E-state index < -0.39 is 29.5 Å². The van der Waals surface area contributed by atoms with Gasteiger partial charge in [-0.15, -0.1) is 0 Å². The molecule has 0 unspecified atom stereocenters. The van der Waals surface area contributed by atoms with Crippen molar-refractivity contribution in [3.05, 3.63) is 162 Å². The number of anilines is 6. The third-order valence-electron chi connectivity index (χ3n) is 9.01. The van der Waals surface area contributed by atoms with E-state index in [0.717, 1.165) is 0 Å². The summed E-state index contributed by atoms with van der Waals surface area (Å²) in [6.07, 6.45) is -2.19. The van der Waals surface area contributed by atoms with Crippen LogP contribution in [0.2, 0.25) is 0 Å². The molecule has 6 aromatic rings. The van der Waals surface area contributed by atoms with Crippen LogP contribution in [-0.4, -0.2) is 73.6 Å². The van der Waals surface area contributed by atoms with Gasteiger partial charge in [0.05, 0.1) is 26.9 Å². The van der Waals surface area contributed by atoms with Crippen LogP contribution in [0.15, 0.2) is 146 Å². The minimum absolute atomic E-state index is 0.244. The Morgan fingerprint density at radius 1 is 0.394 bits per heavy atom. The third kappa shape index (κ3) is 19.6. The van der Waals surface area contributed by atoms with E-state index in [2.05, 4.69) is 31.9 Å². The van der Waals surface area contributed by atoms with Crippen molar-refractivity contribution in [2.24, 2.45) is 0 Å². The van der Waals surface area contributed by atoms with Crippen molar-refractivity contribution in [1.82, 2.24) is 0 Å². The number of amides is 6. The first-order chi connectivity index (χ1) is 33.6. The molecule has 18 heteroatoms. The number of hydrogen-bond acceptors (Lipinski definition) is 11. The van der Waals surface area contributed by atoms with Gasteiger partial charge in [0.25, 0.3) is 17.7 Å². The highest BCUT2D eigenvalue weighted by atomic mass is 16.6. The normalized spacial score (nSPS) is 10.4. The average molecular weight is 971 g/mol. The summed E-state index contributed by atoms with van der Waals surface area (Å²) in [7, 11) is 4.62. The molecule has 0 spiro atoms. The standard InChI is InChI=1S/2C19H22N2O4.C15H14N2O4/c1-19(2,3)25-18(23)21-15-10-8-14(9-11-15)20-17(22)13-6-5-7-16(12-13)24-4;1-19(2,3)25-18(23)21-14-11-9-13(10-12-14)20-17(22)15-7-5-6-8-16(15)24-4;1-21-13-8-2-10(3-9-13)14(18)16-11-4-6-12(7-5-11)17-15(19)20/h2*5-12H,1-4H3,(H,20,22)(H,21,23);2-9,17H,1H3,(H,16,18)(H,19,20). The highest BCUT2D eigenvalue weighted by Gasteiger charge is 2.18. The molecule has 7 N–H and O–H groups in total. The van der Waals surface area contributed by atoms with E-state index in [1.165, 1.54) is 7.11 Å². The molecule has 0 atom stereocenters. The van der Waals surface area contributed by atoms with Crippen LogP contribution < -0.4 is 46.1 Å². The van der Waals surface area contributed by atoms with E-state index in [0.29, 0.717) is 68.1 Å². The van der Waals surface area contributed by atoms with Crippen molar-refractivity contribution < 1.29 is 57.6 Å². The van der Waals surface area contributed by atoms with E-state index in [-0.39, 0.29) is 17.7 Å². The molecule has 71 heavy (non-hydrogen) atoms. The number of methoxy groups -OCH3 is 3. The molecule has 0 aliphatic heterocycles. The van der Waals surface area contributed by atoms with Gasteiger partial charge in [-0.05, 0) is 169 Å².